The molecule has 3 aromatic rings. The van der Waals surface area contributed by atoms with Crippen LogP contribution < -0.4 is 19.5 Å². The average Bonchev–Trinajstić information content (AvgIpc) is 3.21. The summed E-state index contributed by atoms with van der Waals surface area (Å²) in [6.07, 6.45) is 0. The number of thioether (sulfide) groups is 1. The highest BCUT2D eigenvalue weighted by Gasteiger charge is 2.14. The van der Waals surface area contributed by atoms with E-state index in [1.807, 2.05) is 25.1 Å². The molecule has 9 heteroatoms. The summed E-state index contributed by atoms with van der Waals surface area (Å²) < 4.78 is 21.4. The molecule has 0 saturated carbocycles. The Balaban J connectivity index is 1.64. The van der Waals surface area contributed by atoms with Crippen molar-refractivity contribution in [1.82, 2.24) is 10.2 Å². The maximum atomic E-state index is 12.3. The molecule has 1 N–H and O–H groups in total. The molecule has 8 nitrogen and oxygen atoms in total. The van der Waals surface area contributed by atoms with Crippen molar-refractivity contribution in [1.29, 1.82) is 0 Å². The van der Waals surface area contributed by atoms with Crippen molar-refractivity contribution in [2.24, 2.45) is 0 Å². The number of amides is 1. The molecule has 1 heterocycles. The molecule has 152 valence electrons. The first kappa shape index (κ1) is 20.5. The van der Waals surface area contributed by atoms with Gasteiger partial charge in [0.05, 0.1) is 32.8 Å². The van der Waals surface area contributed by atoms with Gasteiger partial charge in [-0.15, -0.1) is 10.2 Å². The molecule has 0 bridgehead atoms. The zero-order valence-corrected chi connectivity index (χ0v) is 17.3. The van der Waals surface area contributed by atoms with Gasteiger partial charge in [-0.3, -0.25) is 4.79 Å². The van der Waals surface area contributed by atoms with Crippen LogP contribution in [0.25, 0.3) is 11.5 Å². The number of nitrogens with one attached hydrogen (secondary N) is 1. The number of carbonyl (C=O) groups excluding carboxylic acids is 1. The van der Waals surface area contributed by atoms with E-state index < -0.39 is 0 Å². The molecule has 0 aliphatic heterocycles. The first-order valence-electron chi connectivity index (χ1n) is 8.67. The van der Waals surface area contributed by atoms with Crippen LogP contribution in [0.4, 0.5) is 5.69 Å². The topological polar surface area (TPSA) is 95.7 Å². The minimum atomic E-state index is -0.204. The fourth-order valence-corrected chi connectivity index (χ4v) is 3.15. The Hall–Kier alpha value is -3.20. The molecular formula is C20H21N3O5S. The predicted molar refractivity (Wildman–Crippen MR) is 110 cm³/mol. The third-order valence-corrected chi connectivity index (χ3v) is 4.81. The van der Waals surface area contributed by atoms with Crippen LogP contribution in [0, 0.1) is 6.92 Å². The molecule has 0 spiro atoms. The number of ether oxygens (including phenoxy) is 3. The van der Waals surface area contributed by atoms with Crippen molar-refractivity contribution < 1.29 is 23.4 Å². The first-order valence-corrected chi connectivity index (χ1v) is 9.65. The van der Waals surface area contributed by atoms with Crippen molar-refractivity contribution in [3.05, 3.63) is 42.0 Å². The normalized spacial score (nSPS) is 10.5. The molecule has 29 heavy (non-hydrogen) atoms. The molecular weight excluding hydrogens is 394 g/mol. The molecule has 0 saturated heterocycles. The summed E-state index contributed by atoms with van der Waals surface area (Å²) in [4.78, 5) is 12.3. The summed E-state index contributed by atoms with van der Waals surface area (Å²) in [6.45, 7) is 1.94. The number of aryl methyl sites for hydroxylation is 1. The quantitative estimate of drug-likeness (QED) is 0.555. The van der Waals surface area contributed by atoms with Gasteiger partial charge in [-0.2, -0.15) is 0 Å². The zero-order chi connectivity index (χ0) is 20.8. The number of hydrogen-bond acceptors (Lipinski definition) is 8. The van der Waals surface area contributed by atoms with Crippen molar-refractivity contribution in [3.63, 3.8) is 0 Å². The lowest BCUT2D eigenvalue weighted by molar-refractivity contribution is -0.113. The Morgan fingerprint density at radius 2 is 1.72 bits per heavy atom. The zero-order valence-electron chi connectivity index (χ0n) is 16.5. The maximum Gasteiger partial charge on any atom is 0.277 e. The highest BCUT2D eigenvalue weighted by molar-refractivity contribution is 7.99. The van der Waals surface area contributed by atoms with Crippen LogP contribution in [-0.2, 0) is 4.79 Å². The van der Waals surface area contributed by atoms with E-state index in [0.29, 0.717) is 39.6 Å². The van der Waals surface area contributed by atoms with Crippen molar-refractivity contribution in [2.45, 2.75) is 12.1 Å². The van der Waals surface area contributed by atoms with E-state index in [1.54, 1.807) is 39.5 Å². The van der Waals surface area contributed by atoms with Gasteiger partial charge in [0.15, 0.2) is 11.5 Å². The number of anilines is 1. The third kappa shape index (κ3) is 5.00. The summed E-state index contributed by atoms with van der Waals surface area (Å²) in [5.41, 5.74) is 2.33. The predicted octanol–water partition coefficient (Wildman–Crippen LogP) is 3.80. The standard InChI is InChI=1S/C20H21N3O5S/c1-12-5-7-15(25-2)14(9-12)21-18(24)11-29-20-23-22-19(28-20)13-6-8-16(26-3)17(10-13)27-4/h5-10H,11H2,1-4H3,(H,21,24). The van der Waals surface area contributed by atoms with Crippen molar-refractivity contribution in [2.75, 3.05) is 32.4 Å². The van der Waals surface area contributed by atoms with Crippen LogP contribution in [0.15, 0.2) is 46.0 Å². The first-order chi connectivity index (χ1) is 14.0. The van der Waals surface area contributed by atoms with Crippen LogP contribution in [0.1, 0.15) is 5.56 Å². The van der Waals surface area contributed by atoms with Gasteiger partial charge in [-0.1, -0.05) is 17.8 Å². The van der Waals surface area contributed by atoms with E-state index in [4.69, 9.17) is 18.6 Å². The number of rotatable bonds is 8. The molecule has 2 aromatic carbocycles. The number of benzene rings is 2. The van der Waals surface area contributed by atoms with Crippen LogP contribution >= 0.6 is 11.8 Å². The number of methoxy groups -OCH3 is 3. The Morgan fingerprint density at radius 1 is 1.00 bits per heavy atom. The van der Waals surface area contributed by atoms with Gasteiger partial charge in [0.1, 0.15) is 5.75 Å². The number of aromatic nitrogens is 2. The Labute approximate surface area is 172 Å². The number of carbonyl (C=O) groups is 1. The van der Waals surface area contributed by atoms with Gasteiger partial charge in [-0.05, 0) is 42.8 Å². The second-order valence-corrected chi connectivity index (χ2v) is 6.91. The second-order valence-electron chi connectivity index (χ2n) is 5.98. The monoisotopic (exact) mass is 415 g/mol. The van der Waals surface area contributed by atoms with E-state index >= 15 is 0 Å². The minimum Gasteiger partial charge on any atom is -0.495 e. The van der Waals surface area contributed by atoms with Crippen LogP contribution in [0.3, 0.4) is 0 Å². The van der Waals surface area contributed by atoms with Gasteiger partial charge in [-0.25, -0.2) is 0 Å². The summed E-state index contributed by atoms with van der Waals surface area (Å²) >= 11 is 1.15. The van der Waals surface area contributed by atoms with E-state index in [-0.39, 0.29) is 11.7 Å². The molecule has 0 atom stereocenters. The summed E-state index contributed by atoms with van der Waals surface area (Å²) in [5.74, 6) is 2.00. The van der Waals surface area contributed by atoms with Gasteiger partial charge in [0.25, 0.3) is 5.22 Å². The summed E-state index contributed by atoms with van der Waals surface area (Å²) in [5, 5.41) is 11.1. The number of hydrogen-bond donors (Lipinski definition) is 1. The largest absolute Gasteiger partial charge is 0.495 e. The Bertz CT molecular complexity index is 1010. The molecule has 0 unspecified atom stereocenters. The molecule has 0 radical (unpaired) electrons. The van der Waals surface area contributed by atoms with E-state index in [2.05, 4.69) is 15.5 Å². The SMILES string of the molecule is COc1ccc(C)cc1NC(=O)CSc1nnc(-c2ccc(OC)c(OC)c2)o1. The van der Waals surface area contributed by atoms with Crippen molar-refractivity contribution >= 4 is 23.4 Å². The highest BCUT2D eigenvalue weighted by atomic mass is 32.2. The molecule has 0 fully saturated rings. The van der Waals surface area contributed by atoms with Gasteiger partial charge in [0.2, 0.25) is 11.8 Å². The van der Waals surface area contributed by atoms with Crippen LogP contribution in [0.5, 0.6) is 17.2 Å². The lowest BCUT2D eigenvalue weighted by atomic mass is 10.2. The van der Waals surface area contributed by atoms with Crippen LogP contribution in [-0.4, -0.2) is 43.2 Å². The molecule has 1 amide bonds. The van der Waals surface area contributed by atoms with Gasteiger partial charge < -0.3 is 23.9 Å². The fourth-order valence-electron chi connectivity index (χ4n) is 2.59. The fraction of sp³-hybridized carbons (Fsp3) is 0.250. The Kier molecular flexibility index (Phi) is 6.61. The van der Waals surface area contributed by atoms with Crippen molar-refractivity contribution in [3.8, 4) is 28.7 Å². The smallest absolute Gasteiger partial charge is 0.277 e. The maximum absolute atomic E-state index is 12.3. The molecule has 1 aromatic heterocycles. The molecule has 3 rings (SSSR count). The highest BCUT2D eigenvalue weighted by Crippen LogP contribution is 2.32. The van der Waals surface area contributed by atoms with Gasteiger partial charge >= 0.3 is 0 Å². The van der Waals surface area contributed by atoms with E-state index in [9.17, 15) is 4.79 Å². The van der Waals surface area contributed by atoms with E-state index in [1.165, 1.54) is 0 Å². The molecule has 0 aliphatic carbocycles. The minimum absolute atomic E-state index is 0.116. The third-order valence-electron chi connectivity index (χ3n) is 3.99. The van der Waals surface area contributed by atoms with E-state index in [0.717, 1.165) is 17.3 Å². The average molecular weight is 415 g/mol. The van der Waals surface area contributed by atoms with Crippen LogP contribution in [0.2, 0.25) is 0 Å². The van der Waals surface area contributed by atoms with Gasteiger partial charge in [0, 0.05) is 5.56 Å². The Morgan fingerprint density at radius 3 is 2.45 bits per heavy atom. The molecule has 0 aliphatic rings. The second kappa shape index (κ2) is 9.33. The summed E-state index contributed by atoms with van der Waals surface area (Å²) in [6, 6.07) is 10.9. The lowest BCUT2D eigenvalue weighted by Crippen LogP contribution is -2.14. The number of nitrogens with zero attached hydrogens (tertiary/aromatic N) is 2. The summed E-state index contributed by atoms with van der Waals surface area (Å²) in [7, 11) is 4.68. The lowest BCUT2D eigenvalue weighted by Gasteiger charge is -2.10.